The van der Waals surface area contributed by atoms with Gasteiger partial charge in [0.05, 0.1) is 23.1 Å². The van der Waals surface area contributed by atoms with Crippen LogP contribution in [0.2, 0.25) is 5.02 Å². The normalized spacial score (nSPS) is 16.7. The first-order valence-corrected chi connectivity index (χ1v) is 10.7. The Hall–Kier alpha value is -2.13. The van der Waals surface area contributed by atoms with Crippen LogP contribution in [0.1, 0.15) is 18.4 Å². The molecule has 1 amide bonds. The SMILES string of the molecule is NS(=O)(=O)c1ccc(CC(=O)Nc2cc(Cl)ccc2OCC2CCCO2)cc1. The van der Waals surface area contributed by atoms with Crippen molar-refractivity contribution in [3.8, 4) is 5.75 Å². The number of rotatable bonds is 7. The second-order valence-electron chi connectivity index (χ2n) is 6.50. The zero-order valence-corrected chi connectivity index (χ0v) is 16.6. The van der Waals surface area contributed by atoms with Crippen molar-refractivity contribution in [1.82, 2.24) is 0 Å². The summed E-state index contributed by atoms with van der Waals surface area (Å²) in [6, 6.07) is 10.8. The number of hydrogen-bond acceptors (Lipinski definition) is 5. The Labute approximate surface area is 168 Å². The molecule has 3 N–H and O–H groups in total. The van der Waals surface area contributed by atoms with Crippen LogP contribution in [0.15, 0.2) is 47.4 Å². The average molecular weight is 425 g/mol. The molecule has 1 aliphatic rings. The van der Waals surface area contributed by atoms with E-state index in [0.29, 0.717) is 28.6 Å². The van der Waals surface area contributed by atoms with Crippen molar-refractivity contribution >= 4 is 33.2 Å². The Morgan fingerprint density at radius 1 is 1.25 bits per heavy atom. The molecule has 150 valence electrons. The number of carbonyl (C=O) groups is 1. The molecule has 28 heavy (non-hydrogen) atoms. The van der Waals surface area contributed by atoms with Crippen LogP contribution in [0.4, 0.5) is 5.69 Å². The molecule has 3 rings (SSSR count). The number of nitrogens with one attached hydrogen (secondary N) is 1. The first-order chi connectivity index (χ1) is 13.3. The Bertz CT molecular complexity index is 941. The molecule has 0 aliphatic carbocycles. The summed E-state index contributed by atoms with van der Waals surface area (Å²) < 4.78 is 33.9. The van der Waals surface area contributed by atoms with E-state index < -0.39 is 10.0 Å². The van der Waals surface area contributed by atoms with Gasteiger partial charge in [-0.1, -0.05) is 23.7 Å². The van der Waals surface area contributed by atoms with Gasteiger partial charge in [-0.15, -0.1) is 0 Å². The van der Waals surface area contributed by atoms with E-state index in [1.165, 1.54) is 12.1 Å². The van der Waals surface area contributed by atoms with Gasteiger partial charge in [-0.2, -0.15) is 0 Å². The number of carbonyl (C=O) groups excluding carboxylic acids is 1. The molecule has 1 atom stereocenters. The third kappa shape index (κ3) is 5.68. The molecular formula is C19H21ClN2O5S. The molecule has 1 fully saturated rings. The van der Waals surface area contributed by atoms with Gasteiger partial charge in [0.1, 0.15) is 12.4 Å². The molecule has 1 heterocycles. The van der Waals surface area contributed by atoms with Crippen molar-refractivity contribution < 1.29 is 22.7 Å². The topological polar surface area (TPSA) is 108 Å². The highest BCUT2D eigenvalue weighted by atomic mass is 35.5. The molecule has 0 bridgehead atoms. The van der Waals surface area contributed by atoms with Crippen LogP contribution >= 0.6 is 11.6 Å². The third-order valence-corrected chi connectivity index (χ3v) is 5.45. The number of halogens is 1. The van der Waals surface area contributed by atoms with Gasteiger partial charge in [0.25, 0.3) is 0 Å². The van der Waals surface area contributed by atoms with E-state index in [0.717, 1.165) is 19.4 Å². The van der Waals surface area contributed by atoms with Crippen LogP contribution in [0.25, 0.3) is 0 Å². The summed E-state index contributed by atoms with van der Waals surface area (Å²) in [4.78, 5) is 12.4. The maximum absolute atomic E-state index is 12.4. The van der Waals surface area contributed by atoms with Crippen molar-refractivity contribution in [2.45, 2.75) is 30.3 Å². The number of nitrogens with two attached hydrogens (primary N) is 1. The number of ether oxygens (including phenoxy) is 2. The van der Waals surface area contributed by atoms with Crippen LogP contribution in [0.3, 0.4) is 0 Å². The number of benzene rings is 2. The summed E-state index contributed by atoms with van der Waals surface area (Å²) in [5.41, 5.74) is 1.12. The lowest BCUT2D eigenvalue weighted by atomic mass is 10.1. The maximum atomic E-state index is 12.4. The van der Waals surface area contributed by atoms with Gasteiger partial charge < -0.3 is 14.8 Å². The molecule has 0 saturated carbocycles. The minimum atomic E-state index is -3.76. The molecule has 0 spiro atoms. The predicted molar refractivity (Wildman–Crippen MR) is 106 cm³/mol. The standard InChI is InChI=1S/C19H21ClN2O5S/c20-14-5-8-18(27-12-15-2-1-9-26-15)17(11-14)22-19(23)10-13-3-6-16(7-4-13)28(21,24)25/h3-8,11,15H,1-2,9-10,12H2,(H,22,23)(H2,21,24,25). The summed E-state index contributed by atoms with van der Waals surface area (Å²) in [7, 11) is -3.76. The van der Waals surface area contributed by atoms with Gasteiger partial charge in [0, 0.05) is 11.6 Å². The molecule has 9 heteroatoms. The second kappa shape index (κ2) is 8.91. The second-order valence-corrected chi connectivity index (χ2v) is 8.50. The fourth-order valence-corrected chi connectivity index (χ4v) is 3.55. The van der Waals surface area contributed by atoms with E-state index in [1.807, 2.05) is 0 Å². The molecule has 2 aromatic rings. The van der Waals surface area contributed by atoms with Gasteiger partial charge in [0.15, 0.2) is 0 Å². The van der Waals surface area contributed by atoms with Crippen molar-refractivity contribution in [1.29, 1.82) is 0 Å². The van der Waals surface area contributed by atoms with Crippen LogP contribution in [0, 0.1) is 0 Å². The van der Waals surface area contributed by atoms with Gasteiger partial charge in [-0.25, -0.2) is 13.6 Å². The van der Waals surface area contributed by atoms with Crippen LogP contribution < -0.4 is 15.2 Å². The number of sulfonamides is 1. The van der Waals surface area contributed by atoms with E-state index in [4.69, 9.17) is 26.2 Å². The van der Waals surface area contributed by atoms with Crippen molar-refractivity contribution in [2.24, 2.45) is 5.14 Å². The summed E-state index contributed by atoms with van der Waals surface area (Å²) in [5.74, 6) is 0.227. The Morgan fingerprint density at radius 2 is 2.00 bits per heavy atom. The Morgan fingerprint density at radius 3 is 2.64 bits per heavy atom. The zero-order valence-electron chi connectivity index (χ0n) is 15.1. The van der Waals surface area contributed by atoms with Crippen LogP contribution in [0.5, 0.6) is 5.75 Å². The molecular weight excluding hydrogens is 404 g/mol. The van der Waals surface area contributed by atoms with E-state index in [9.17, 15) is 13.2 Å². The van der Waals surface area contributed by atoms with Crippen molar-refractivity contribution in [3.63, 3.8) is 0 Å². The third-order valence-electron chi connectivity index (χ3n) is 4.28. The van der Waals surface area contributed by atoms with Crippen molar-refractivity contribution in [3.05, 3.63) is 53.1 Å². The minimum absolute atomic E-state index is 0.00341. The number of hydrogen-bond donors (Lipinski definition) is 2. The smallest absolute Gasteiger partial charge is 0.238 e. The quantitative estimate of drug-likeness (QED) is 0.710. The fourth-order valence-electron chi connectivity index (χ4n) is 2.86. The van der Waals surface area contributed by atoms with E-state index in [1.54, 1.807) is 30.3 Å². The van der Waals surface area contributed by atoms with Gasteiger partial charge >= 0.3 is 0 Å². The molecule has 7 nitrogen and oxygen atoms in total. The van der Waals surface area contributed by atoms with Gasteiger partial charge in [-0.05, 0) is 48.7 Å². The number of anilines is 1. The predicted octanol–water partition coefficient (Wildman–Crippen LogP) is 2.73. The number of amides is 1. The first kappa shape index (κ1) is 20.6. The summed E-state index contributed by atoms with van der Waals surface area (Å²) >= 11 is 6.05. The van der Waals surface area contributed by atoms with E-state index in [2.05, 4.69) is 5.32 Å². The Kier molecular flexibility index (Phi) is 6.56. The van der Waals surface area contributed by atoms with Crippen LogP contribution in [-0.4, -0.2) is 33.6 Å². The molecule has 1 unspecified atom stereocenters. The molecule has 1 aliphatic heterocycles. The largest absolute Gasteiger partial charge is 0.489 e. The minimum Gasteiger partial charge on any atom is -0.489 e. The lowest BCUT2D eigenvalue weighted by Crippen LogP contribution is -2.19. The average Bonchev–Trinajstić information content (AvgIpc) is 3.14. The number of primary sulfonamides is 1. The fraction of sp³-hybridized carbons (Fsp3) is 0.316. The molecule has 2 aromatic carbocycles. The lowest BCUT2D eigenvalue weighted by Gasteiger charge is -2.15. The molecule has 0 radical (unpaired) electrons. The lowest BCUT2D eigenvalue weighted by molar-refractivity contribution is -0.115. The van der Waals surface area contributed by atoms with Crippen molar-refractivity contribution in [2.75, 3.05) is 18.5 Å². The molecule has 1 saturated heterocycles. The first-order valence-electron chi connectivity index (χ1n) is 8.77. The summed E-state index contributed by atoms with van der Waals surface area (Å²) in [6.45, 7) is 1.14. The van der Waals surface area contributed by atoms with E-state index in [-0.39, 0.29) is 23.3 Å². The highest BCUT2D eigenvalue weighted by Gasteiger charge is 2.17. The highest BCUT2D eigenvalue weighted by molar-refractivity contribution is 7.89. The monoisotopic (exact) mass is 424 g/mol. The zero-order chi connectivity index (χ0) is 20.1. The summed E-state index contributed by atoms with van der Waals surface area (Å²) in [6.07, 6.45) is 2.08. The Balaban J connectivity index is 1.64. The molecule has 0 aromatic heterocycles. The maximum Gasteiger partial charge on any atom is 0.238 e. The summed E-state index contributed by atoms with van der Waals surface area (Å²) in [5, 5.41) is 8.33. The van der Waals surface area contributed by atoms with Gasteiger partial charge in [0.2, 0.25) is 15.9 Å². The van der Waals surface area contributed by atoms with Crippen LogP contribution in [-0.2, 0) is 26.0 Å². The highest BCUT2D eigenvalue weighted by Crippen LogP contribution is 2.29. The van der Waals surface area contributed by atoms with Gasteiger partial charge in [-0.3, -0.25) is 4.79 Å². The van der Waals surface area contributed by atoms with E-state index >= 15 is 0 Å².